The lowest BCUT2D eigenvalue weighted by atomic mass is 10.1. The fourth-order valence-electron chi connectivity index (χ4n) is 2.31. The lowest BCUT2D eigenvalue weighted by Gasteiger charge is -2.14. The summed E-state index contributed by atoms with van der Waals surface area (Å²) in [7, 11) is 0. The van der Waals surface area contributed by atoms with Gasteiger partial charge in [0.2, 0.25) is 0 Å². The van der Waals surface area contributed by atoms with E-state index in [9.17, 15) is 9.90 Å². The zero-order valence-electron chi connectivity index (χ0n) is 12.8. The van der Waals surface area contributed by atoms with E-state index in [1.165, 1.54) is 10.9 Å². The van der Waals surface area contributed by atoms with E-state index in [4.69, 9.17) is 11.6 Å². The van der Waals surface area contributed by atoms with Crippen LogP contribution in [-0.4, -0.2) is 21.4 Å². The van der Waals surface area contributed by atoms with Crippen molar-refractivity contribution in [2.45, 2.75) is 6.10 Å². The Kier molecular flexibility index (Phi) is 4.93. The molecule has 0 aliphatic carbocycles. The van der Waals surface area contributed by atoms with Gasteiger partial charge in [0.05, 0.1) is 23.7 Å². The molecule has 1 aromatic heterocycles. The normalized spacial score (nSPS) is 11.9. The van der Waals surface area contributed by atoms with Crippen molar-refractivity contribution in [1.29, 1.82) is 0 Å². The fraction of sp³-hybridized carbons (Fsp3) is 0.111. The van der Waals surface area contributed by atoms with Crippen LogP contribution >= 0.6 is 11.6 Å². The molecule has 0 saturated carbocycles. The lowest BCUT2D eigenvalue weighted by molar-refractivity contribution is 0.191. The molecule has 0 saturated heterocycles. The van der Waals surface area contributed by atoms with Gasteiger partial charge in [-0.15, -0.1) is 0 Å². The van der Waals surface area contributed by atoms with Gasteiger partial charge in [-0.2, -0.15) is 9.78 Å². The van der Waals surface area contributed by atoms with Crippen LogP contribution in [0.2, 0.25) is 5.02 Å². The van der Waals surface area contributed by atoms with Crippen molar-refractivity contribution in [3.63, 3.8) is 0 Å². The molecule has 0 fully saturated rings. The largest absolute Gasteiger partial charge is 0.387 e. The molecule has 0 radical (unpaired) electrons. The minimum Gasteiger partial charge on any atom is -0.387 e. The number of hydrogen-bond acceptors (Lipinski definition) is 4. The SMILES string of the molecule is O=c1c(Cl)c(NCC(O)c2ccccc2)cnn1-c1ccccc1. The van der Waals surface area contributed by atoms with E-state index >= 15 is 0 Å². The zero-order chi connectivity index (χ0) is 16.9. The highest BCUT2D eigenvalue weighted by Gasteiger charge is 2.12. The third kappa shape index (κ3) is 3.48. The number of hydrogen-bond donors (Lipinski definition) is 2. The van der Waals surface area contributed by atoms with Gasteiger partial charge in [-0.25, -0.2) is 0 Å². The van der Waals surface area contributed by atoms with E-state index in [2.05, 4.69) is 10.4 Å². The van der Waals surface area contributed by atoms with Crippen molar-refractivity contribution in [2.75, 3.05) is 11.9 Å². The molecule has 0 bridgehead atoms. The van der Waals surface area contributed by atoms with Gasteiger partial charge in [0.25, 0.3) is 5.56 Å². The summed E-state index contributed by atoms with van der Waals surface area (Å²) in [5.74, 6) is 0. The van der Waals surface area contributed by atoms with Crippen molar-refractivity contribution >= 4 is 17.3 Å². The zero-order valence-corrected chi connectivity index (χ0v) is 13.5. The monoisotopic (exact) mass is 341 g/mol. The van der Waals surface area contributed by atoms with Crippen LogP contribution in [0.4, 0.5) is 5.69 Å². The molecule has 3 aromatic rings. The lowest BCUT2D eigenvalue weighted by Crippen LogP contribution is -2.23. The third-order valence-electron chi connectivity index (χ3n) is 3.59. The van der Waals surface area contributed by atoms with Gasteiger partial charge in [0, 0.05) is 6.54 Å². The minimum absolute atomic E-state index is 0.0362. The van der Waals surface area contributed by atoms with Gasteiger partial charge in [0.1, 0.15) is 5.02 Å². The van der Waals surface area contributed by atoms with Crippen LogP contribution in [0.3, 0.4) is 0 Å². The predicted molar refractivity (Wildman–Crippen MR) is 94.7 cm³/mol. The number of para-hydroxylation sites is 1. The number of aromatic nitrogens is 2. The molecule has 0 spiro atoms. The first kappa shape index (κ1) is 16.2. The molecular formula is C18H16ClN3O2. The summed E-state index contributed by atoms with van der Waals surface area (Å²) in [5.41, 5.74) is 1.40. The maximum Gasteiger partial charge on any atom is 0.292 e. The van der Waals surface area contributed by atoms with Gasteiger partial charge in [-0.05, 0) is 17.7 Å². The van der Waals surface area contributed by atoms with E-state index in [1.54, 1.807) is 12.1 Å². The second-order valence-corrected chi connectivity index (χ2v) is 5.61. The summed E-state index contributed by atoms with van der Waals surface area (Å²) >= 11 is 6.16. The minimum atomic E-state index is -0.709. The fourth-order valence-corrected chi connectivity index (χ4v) is 2.50. The highest BCUT2D eigenvalue weighted by molar-refractivity contribution is 6.32. The second-order valence-electron chi connectivity index (χ2n) is 5.23. The highest BCUT2D eigenvalue weighted by atomic mass is 35.5. The Morgan fingerprint density at radius 2 is 1.71 bits per heavy atom. The average Bonchev–Trinajstić information content (AvgIpc) is 2.64. The molecule has 0 aliphatic rings. The first-order valence-electron chi connectivity index (χ1n) is 7.47. The molecule has 24 heavy (non-hydrogen) atoms. The molecule has 0 amide bonds. The molecule has 1 atom stereocenters. The van der Waals surface area contributed by atoms with E-state index in [1.807, 2.05) is 48.5 Å². The van der Waals surface area contributed by atoms with Crippen LogP contribution in [0.15, 0.2) is 71.7 Å². The van der Waals surface area contributed by atoms with Crippen LogP contribution in [-0.2, 0) is 0 Å². The number of aliphatic hydroxyl groups excluding tert-OH is 1. The number of aliphatic hydroxyl groups is 1. The quantitative estimate of drug-likeness (QED) is 0.748. The summed E-state index contributed by atoms with van der Waals surface area (Å²) in [4.78, 5) is 12.4. The smallest absolute Gasteiger partial charge is 0.292 e. The molecular weight excluding hydrogens is 326 g/mol. The summed E-state index contributed by atoms with van der Waals surface area (Å²) in [5, 5.41) is 17.3. The van der Waals surface area contributed by atoms with Gasteiger partial charge in [0.15, 0.2) is 0 Å². The van der Waals surface area contributed by atoms with Gasteiger partial charge in [-0.1, -0.05) is 60.1 Å². The van der Waals surface area contributed by atoms with Crippen molar-refractivity contribution in [1.82, 2.24) is 9.78 Å². The second kappa shape index (κ2) is 7.29. The molecule has 1 heterocycles. The van der Waals surface area contributed by atoms with Crippen molar-refractivity contribution in [3.8, 4) is 5.69 Å². The number of anilines is 1. The average molecular weight is 342 g/mol. The summed E-state index contributed by atoms with van der Waals surface area (Å²) in [6, 6.07) is 18.3. The predicted octanol–water partition coefficient (Wildman–Crippen LogP) is 3.03. The van der Waals surface area contributed by atoms with Crippen LogP contribution in [0.5, 0.6) is 0 Å². The van der Waals surface area contributed by atoms with Gasteiger partial charge < -0.3 is 10.4 Å². The standard InChI is InChI=1S/C18H16ClN3O2/c19-17-15(20-12-16(23)13-7-3-1-4-8-13)11-21-22(18(17)24)14-9-5-2-6-10-14/h1-11,16,20,23H,12H2. The molecule has 5 nitrogen and oxygen atoms in total. The van der Waals surface area contributed by atoms with Crippen LogP contribution in [0.25, 0.3) is 5.69 Å². The Morgan fingerprint density at radius 3 is 2.38 bits per heavy atom. The van der Waals surface area contributed by atoms with Gasteiger partial charge >= 0.3 is 0 Å². The number of rotatable bonds is 5. The van der Waals surface area contributed by atoms with Crippen molar-refractivity contribution < 1.29 is 5.11 Å². The van der Waals surface area contributed by atoms with Crippen LogP contribution in [0.1, 0.15) is 11.7 Å². The number of nitrogens with zero attached hydrogens (tertiary/aromatic N) is 2. The summed E-state index contributed by atoms with van der Waals surface area (Å²) < 4.78 is 1.24. The molecule has 2 N–H and O–H groups in total. The first-order chi connectivity index (χ1) is 11.7. The molecule has 3 rings (SSSR count). The van der Waals surface area contributed by atoms with Crippen LogP contribution in [0, 0.1) is 0 Å². The maximum absolute atomic E-state index is 12.4. The summed E-state index contributed by atoms with van der Waals surface area (Å²) in [6.45, 7) is 0.222. The molecule has 2 aromatic carbocycles. The van der Waals surface area contributed by atoms with E-state index in [-0.39, 0.29) is 11.6 Å². The Morgan fingerprint density at radius 1 is 1.08 bits per heavy atom. The van der Waals surface area contributed by atoms with Crippen molar-refractivity contribution in [2.24, 2.45) is 0 Å². The Hall–Kier alpha value is -2.63. The topological polar surface area (TPSA) is 67.2 Å². The maximum atomic E-state index is 12.4. The number of benzene rings is 2. The number of halogens is 1. The molecule has 0 aliphatic heterocycles. The molecule has 1 unspecified atom stereocenters. The van der Waals surface area contributed by atoms with E-state index < -0.39 is 11.7 Å². The first-order valence-corrected chi connectivity index (χ1v) is 7.85. The van der Waals surface area contributed by atoms with Crippen molar-refractivity contribution in [3.05, 3.63) is 87.8 Å². The molecule has 6 heteroatoms. The Balaban J connectivity index is 1.78. The Labute approximate surface area is 144 Å². The van der Waals surface area contributed by atoms with E-state index in [0.29, 0.717) is 11.4 Å². The van der Waals surface area contributed by atoms with Crippen LogP contribution < -0.4 is 10.9 Å². The van der Waals surface area contributed by atoms with Gasteiger partial charge in [-0.3, -0.25) is 4.79 Å². The number of nitrogens with one attached hydrogen (secondary N) is 1. The van der Waals surface area contributed by atoms with E-state index in [0.717, 1.165) is 5.56 Å². The third-order valence-corrected chi connectivity index (χ3v) is 3.96. The molecule has 122 valence electrons. The Bertz CT molecular complexity index is 866. The highest BCUT2D eigenvalue weighted by Crippen LogP contribution is 2.19. The summed E-state index contributed by atoms with van der Waals surface area (Å²) in [6.07, 6.45) is 0.771.